The minimum Gasteiger partial charge on any atom is -0.396 e. The molecule has 0 unspecified atom stereocenters. The molecule has 0 radical (unpaired) electrons. The largest absolute Gasteiger partial charge is 0.396 e. The molecule has 0 spiro atoms. The summed E-state index contributed by atoms with van der Waals surface area (Å²) in [5.41, 5.74) is 0. The van der Waals surface area contributed by atoms with Crippen molar-refractivity contribution in [3.05, 3.63) is 0 Å². The Kier molecular flexibility index (Phi) is 4.70. The Morgan fingerprint density at radius 2 is 2.00 bits per heavy atom. The van der Waals surface area contributed by atoms with Gasteiger partial charge in [-0.1, -0.05) is 6.42 Å². The van der Waals surface area contributed by atoms with Gasteiger partial charge < -0.3 is 14.6 Å². The van der Waals surface area contributed by atoms with Gasteiger partial charge in [-0.3, -0.25) is 0 Å². The molecule has 1 fully saturated rings. The second-order valence-electron chi connectivity index (χ2n) is 3.82. The van der Waals surface area contributed by atoms with E-state index in [4.69, 9.17) is 14.6 Å². The van der Waals surface area contributed by atoms with Crippen LogP contribution >= 0.6 is 0 Å². The molecule has 0 amide bonds. The Hall–Kier alpha value is -0.120. The van der Waals surface area contributed by atoms with Crippen molar-refractivity contribution < 1.29 is 14.6 Å². The lowest BCUT2D eigenvalue weighted by atomic mass is 9.81. The number of methoxy groups -OCH3 is 2. The third kappa shape index (κ3) is 2.93. The minimum absolute atomic E-state index is 0.0886. The van der Waals surface area contributed by atoms with Gasteiger partial charge in [0.1, 0.15) is 0 Å². The second kappa shape index (κ2) is 5.58. The van der Waals surface area contributed by atoms with Crippen LogP contribution in [-0.2, 0) is 9.47 Å². The molecule has 1 rings (SSSR count). The van der Waals surface area contributed by atoms with E-state index in [1.807, 2.05) is 0 Å². The van der Waals surface area contributed by atoms with Gasteiger partial charge in [-0.05, 0) is 25.2 Å². The van der Waals surface area contributed by atoms with E-state index in [0.29, 0.717) is 18.4 Å². The molecule has 13 heavy (non-hydrogen) atoms. The minimum atomic E-state index is -0.0886. The first-order valence-electron chi connectivity index (χ1n) is 4.98. The number of aliphatic hydroxyl groups excluding tert-OH is 1. The van der Waals surface area contributed by atoms with E-state index in [1.165, 1.54) is 6.42 Å². The summed E-state index contributed by atoms with van der Waals surface area (Å²) >= 11 is 0. The standard InChI is InChI=1S/C10H20O3/c1-12-10(13-2)9-5-3-4-8(6-9)7-11/h8-11H,3-7H2,1-2H3/t8-,9+/m1/s1. The molecule has 0 aromatic heterocycles. The van der Waals surface area contributed by atoms with Gasteiger partial charge in [-0.25, -0.2) is 0 Å². The Labute approximate surface area is 80.0 Å². The fourth-order valence-electron chi connectivity index (χ4n) is 2.23. The molecule has 3 nitrogen and oxygen atoms in total. The highest BCUT2D eigenvalue weighted by atomic mass is 16.7. The van der Waals surface area contributed by atoms with Gasteiger partial charge in [0.2, 0.25) is 0 Å². The highest BCUT2D eigenvalue weighted by Crippen LogP contribution is 2.31. The van der Waals surface area contributed by atoms with Gasteiger partial charge in [-0.15, -0.1) is 0 Å². The zero-order chi connectivity index (χ0) is 9.68. The van der Waals surface area contributed by atoms with E-state index in [1.54, 1.807) is 14.2 Å². The number of ether oxygens (including phenoxy) is 2. The van der Waals surface area contributed by atoms with E-state index < -0.39 is 0 Å². The topological polar surface area (TPSA) is 38.7 Å². The monoisotopic (exact) mass is 188 g/mol. The molecule has 0 aromatic rings. The van der Waals surface area contributed by atoms with Crippen LogP contribution < -0.4 is 0 Å². The average molecular weight is 188 g/mol. The summed E-state index contributed by atoms with van der Waals surface area (Å²) in [5.74, 6) is 0.910. The number of rotatable bonds is 4. The summed E-state index contributed by atoms with van der Waals surface area (Å²) in [5, 5.41) is 9.05. The summed E-state index contributed by atoms with van der Waals surface area (Å²) in [6.07, 6.45) is 4.42. The van der Waals surface area contributed by atoms with Gasteiger partial charge in [0.25, 0.3) is 0 Å². The molecule has 0 aromatic carbocycles. The summed E-state index contributed by atoms with van der Waals surface area (Å²) < 4.78 is 10.5. The maximum atomic E-state index is 9.05. The smallest absolute Gasteiger partial charge is 0.159 e. The highest BCUT2D eigenvalue weighted by molar-refractivity contribution is 4.74. The molecule has 1 aliphatic carbocycles. The predicted octanol–water partition coefficient (Wildman–Crippen LogP) is 1.40. The summed E-state index contributed by atoms with van der Waals surface area (Å²) in [6, 6.07) is 0. The van der Waals surface area contributed by atoms with Crippen LogP contribution in [0.1, 0.15) is 25.7 Å². The molecule has 78 valence electrons. The zero-order valence-corrected chi connectivity index (χ0v) is 8.53. The molecule has 2 atom stereocenters. The van der Waals surface area contributed by atoms with Gasteiger partial charge >= 0.3 is 0 Å². The third-order valence-electron chi connectivity index (χ3n) is 2.93. The van der Waals surface area contributed by atoms with Crippen LogP contribution in [0.25, 0.3) is 0 Å². The van der Waals surface area contributed by atoms with Crippen molar-refractivity contribution in [3.63, 3.8) is 0 Å². The molecule has 0 aliphatic heterocycles. The quantitative estimate of drug-likeness (QED) is 0.678. The number of hydrogen-bond donors (Lipinski definition) is 1. The summed E-state index contributed by atoms with van der Waals surface area (Å²) in [4.78, 5) is 0. The van der Waals surface area contributed by atoms with E-state index in [2.05, 4.69) is 0 Å². The van der Waals surface area contributed by atoms with Crippen LogP contribution in [-0.4, -0.2) is 32.2 Å². The van der Waals surface area contributed by atoms with Crippen LogP contribution in [0.4, 0.5) is 0 Å². The van der Waals surface area contributed by atoms with Crippen molar-refractivity contribution in [2.24, 2.45) is 11.8 Å². The third-order valence-corrected chi connectivity index (χ3v) is 2.93. The Balaban J connectivity index is 2.40. The zero-order valence-electron chi connectivity index (χ0n) is 8.53. The molecular formula is C10H20O3. The first kappa shape index (κ1) is 11.0. The van der Waals surface area contributed by atoms with Crippen molar-refractivity contribution in [3.8, 4) is 0 Å². The maximum absolute atomic E-state index is 9.05. The van der Waals surface area contributed by atoms with Crippen molar-refractivity contribution >= 4 is 0 Å². The molecule has 3 heteroatoms. The first-order chi connectivity index (χ1) is 6.31. The lowest BCUT2D eigenvalue weighted by Gasteiger charge is -2.32. The van der Waals surface area contributed by atoms with Crippen LogP contribution in [0.3, 0.4) is 0 Å². The SMILES string of the molecule is COC(OC)[C@H]1CCC[C@@H](CO)C1. The molecule has 1 N–H and O–H groups in total. The van der Waals surface area contributed by atoms with Crippen molar-refractivity contribution in [1.82, 2.24) is 0 Å². The van der Waals surface area contributed by atoms with Gasteiger partial charge in [0, 0.05) is 26.7 Å². The van der Waals surface area contributed by atoms with Gasteiger partial charge in [-0.2, -0.15) is 0 Å². The maximum Gasteiger partial charge on any atom is 0.159 e. The molecule has 1 saturated carbocycles. The van der Waals surface area contributed by atoms with E-state index in [9.17, 15) is 0 Å². The fourth-order valence-corrected chi connectivity index (χ4v) is 2.23. The van der Waals surface area contributed by atoms with Crippen molar-refractivity contribution in [2.45, 2.75) is 32.0 Å². The predicted molar refractivity (Wildman–Crippen MR) is 50.3 cm³/mol. The highest BCUT2D eigenvalue weighted by Gasteiger charge is 2.27. The van der Waals surface area contributed by atoms with E-state index in [-0.39, 0.29) is 6.29 Å². The number of aliphatic hydroxyl groups is 1. The van der Waals surface area contributed by atoms with E-state index >= 15 is 0 Å². The van der Waals surface area contributed by atoms with Crippen molar-refractivity contribution in [2.75, 3.05) is 20.8 Å². The molecule has 0 bridgehead atoms. The van der Waals surface area contributed by atoms with Gasteiger partial charge in [0.05, 0.1) is 0 Å². The summed E-state index contributed by atoms with van der Waals surface area (Å²) in [7, 11) is 3.35. The van der Waals surface area contributed by atoms with Crippen LogP contribution in [0.2, 0.25) is 0 Å². The molecule has 0 saturated heterocycles. The second-order valence-corrected chi connectivity index (χ2v) is 3.82. The Morgan fingerprint density at radius 3 is 2.54 bits per heavy atom. The molecule has 0 heterocycles. The Morgan fingerprint density at radius 1 is 1.31 bits per heavy atom. The lowest BCUT2D eigenvalue weighted by Crippen LogP contribution is -2.30. The van der Waals surface area contributed by atoms with Crippen LogP contribution in [0.15, 0.2) is 0 Å². The molecular weight excluding hydrogens is 168 g/mol. The number of hydrogen-bond acceptors (Lipinski definition) is 3. The lowest BCUT2D eigenvalue weighted by molar-refractivity contribution is -0.148. The Bertz CT molecular complexity index is 134. The van der Waals surface area contributed by atoms with Crippen LogP contribution in [0.5, 0.6) is 0 Å². The van der Waals surface area contributed by atoms with Crippen LogP contribution in [0, 0.1) is 11.8 Å². The summed E-state index contributed by atoms with van der Waals surface area (Å²) in [6.45, 7) is 0.302. The first-order valence-corrected chi connectivity index (χ1v) is 4.98. The normalized spacial score (nSPS) is 29.5. The molecule has 1 aliphatic rings. The average Bonchev–Trinajstić information content (AvgIpc) is 2.20. The van der Waals surface area contributed by atoms with E-state index in [0.717, 1.165) is 19.3 Å². The van der Waals surface area contributed by atoms with Gasteiger partial charge in [0.15, 0.2) is 6.29 Å². The van der Waals surface area contributed by atoms with Crippen molar-refractivity contribution in [1.29, 1.82) is 0 Å². The fraction of sp³-hybridized carbons (Fsp3) is 1.00.